The topological polar surface area (TPSA) is 127 Å². The third-order valence-corrected chi connectivity index (χ3v) is 4.51. The number of aliphatic carboxylic acids is 1. The summed E-state index contributed by atoms with van der Waals surface area (Å²) >= 11 is 0. The average Bonchev–Trinajstić information content (AvgIpc) is 3.10. The van der Waals surface area contributed by atoms with Gasteiger partial charge in [-0.2, -0.15) is 0 Å². The van der Waals surface area contributed by atoms with Gasteiger partial charge in [-0.3, -0.25) is 4.79 Å². The number of nitrogens with one attached hydrogen (secondary N) is 2. The number of carboxylic acids is 1. The molecule has 3 atom stereocenters. The molecule has 0 aliphatic carbocycles. The Morgan fingerprint density at radius 2 is 2.08 bits per heavy atom. The quantitative estimate of drug-likeness (QED) is 0.417. The second kappa shape index (κ2) is 7.86. The first-order valence-corrected chi connectivity index (χ1v) is 8.35. The number of carbonyl (C=O) groups is 2. The molecule has 0 bridgehead atoms. The van der Waals surface area contributed by atoms with E-state index in [-0.39, 0.29) is 12.5 Å². The van der Waals surface area contributed by atoms with E-state index in [1.54, 1.807) is 0 Å². The fraction of sp³-hybridized carbons (Fsp3) is 0.333. The SMILES string of the molecule is [N-]=[N+]=N[C@@H]1CN[C@H](C(=O)NC(Cc2ccc3ccccc3c2)C(=O)O)C1. The minimum absolute atomic E-state index is 0.193. The number of hydrogen-bond acceptors (Lipinski definition) is 4. The van der Waals surface area contributed by atoms with Gasteiger partial charge in [-0.25, -0.2) is 4.79 Å². The highest BCUT2D eigenvalue weighted by Crippen LogP contribution is 2.17. The molecule has 1 fully saturated rings. The molecular formula is C18H19N5O3. The Morgan fingerprint density at radius 3 is 2.81 bits per heavy atom. The van der Waals surface area contributed by atoms with Gasteiger partial charge in [-0.05, 0) is 28.3 Å². The minimum Gasteiger partial charge on any atom is -0.480 e. The number of carbonyl (C=O) groups excluding carboxylic acids is 1. The van der Waals surface area contributed by atoms with E-state index in [1.165, 1.54) is 0 Å². The molecule has 134 valence electrons. The van der Waals surface area contributed by atoms with E-state index in [1.807, 2.05) is 42.5 Å². The molecule has 2 aromatic carbocycles. The molecule has 1 amide bonds. The van der Waals surface area contributed by atoms with Crippen LogP contribution in [0.1, 0.15) is 12.0 Å². The van der Waals surface area contributed by atoms with Crippen molar-refractivity contribution in [3.8, 4) is 0 Å². The van der Waals surface area contributed by atoms with Crippen LogP contribution in [0, 0.1) is 0 Å². The minimum atomic E-state index is -1.09. The van der Waals surface area contributed by atoms with Gasteiger partial charge in [-0.1, -0.05) is 47.6 Å². The van der Waals surface area contributed by atoms with Crippen molar-refractivity contribution in [3.05, 3.63) is 58.5 Å². The average molecular weight is 353 g/mol. The zero-order chi connectivity index (χ0) is 18.5. The molecule has 3 rings (SSSR count). The Hall–Kier alpha value is -3.09. The molecule has 8 heteroatoms. The molecule has 0 radical (unpaired) electrons. The van der Waals surface area contributed by atoms with Crippen LogP contribution in [0.4, 0.5) is 0 Å². The Labute approximate surface area is 149 Å². The first kappa shape index (κ1) is 17.7. The lowest BCUT2D eigenvalue weighted by molar-refractivity contribution is -0.142. The van der Waals surface area contributed by atoms with Crippen LogP contribution in [0.5, 0.6) is 0 Å². The Bertz CT molecular complexity index is 878. The number of hydrogen-bond donors (Lipinski definition) is 3. The molecule has 0 aromatic heterocycles. The van der Waals surface area contributed by atoms with Gasteiger partial charge in [0.25, 0.3) is 0 Å². The van der Waals surface area contributed by atoms with Crippen LogP contribution < -0.4 is 10.6 Å². The Kier molecular flexibility index (Phi) is 5.36. The van der Waals surface area contributed by atoms with E-state index in [0.717, 1.165) is 16.3 Å². The molecule has 0 saturated carbocycles. The predicted octanol–water partition coefficient (Wildman–Crippen LogP) is 1.99. The number of azide groups is 1. The van der Waals surface area contributed by atoms with Gasteiger partial charge >= 0.3 is 5.97 Å². The summed E-state index contributed by atoms with van der Waals surface area (Å²) in [5.41, 5.74) is 9.30. The van der Waals surface area contributed by atoms with E-state index in [9.17, 15) is 14.7 Å². The molecule has 0 spiro atoms. The molecule has 1 aliphatic heterocycles. The summed E-state index contributed by atoms with van der Waals surface area (Å²) in [5, 5.41) is 20.7. The lowest BCUT2D eigenvalue weighted by Crippen LogP contribution is -2.49. The van der Waals surface area contributed by atoms with Crippen molar-refractivity contribution in [1.29, 1.82) is 0 Å². The van der Waals surface area contributed by atoms with Crippen molar-refractivity contribution >= 4 is 22.6 Å². The van der Waals surface area contributed by atoms with E-state index in [2.05, 4.69) is 20.7 Å². The van der Waals surface area contributed by atoms with Crippen molar-refractivity contribution in [2.24, 2.45) is 5.11 Å². The highest BCUT2D eigenvalue weighted by molar-refractivity contribution is 5.88. The number of nitrogens with zero attached hydrogens (tertiary/aromatic N) is 3. The number of carboxylic acid groups (broad SMARTS) is 1. The fourth-order valence-electron chi connectivity index (χ4n) is 3.15. The highest BCUT2D eigenvalue weighted by atomic mass is 16.4. The monoisotopic (exact) mass is 353 g/mol. The summed E-state index contributed by atoms with van der Waals surface area (Å²) in [5.74, 6) is -1.48. The van der Waals surface area contributed by atoms with Crippen molar-refractivity contribution in [3.63, 3.8) is 0 Å². The van der Waals surface area contributed by atoms with Crippen molar-refractivity contribution < 1.29 is 14.7 Å². The van der Waals surface area contributed by atoms with Gasteiger partial charge in [0.15, 0.2) is 0 Å². The predicted molar refractivity (Wildman–Crippen MR) is 96.6 cm³/mol. The third kappa shape index (κ3) is 4.11. The van der Waals surface area contributed by atoms with E-state index < -0.39 is 24.0 Å². The zero-order valence-corrected chi connectivity index (χ0v) is 14.0. The number of benzene rings is 2. The van der Waals surface area contributed by atoms with E-state index >= 15 is 0 Å². The van der Waals surface area contributed by atoms with Gasteiger partial charge in [-0.15, -0.1) is 0 Å². The van der Waals surface area contributed by atoms with Crippen LogP contribution >= 0.6 is 0 Å². The molecule has 1 aliphatic rings. The van der Waals surface area contributed by atoms with Gasteiger partial charge in [0.1, 0.15) is 6.04 Å². The summed E-state index contributed by atoms with van der Waals surface area (Å²) in [7, 11) is 0. The maximum Gasteiger partial charge on any atom is 0.326 e. The largest absolute Gasteiger partial charge is 0.480 e. The molecule has 1 unspecified atom stereocenters. The molecule has 3 N–H and O–H groups in total. The standard InChI is InChI=1S/C18H19N5O3/c19-23-22-14-9-15(20-10-14)17(24)21-16(18(25)26)8-11-5-6-12-3-1-2-4-13(12)7-11/h1-7,14-16,20H,8-10H2,(H,21,24)(H,25,26)/t14-,15-,16?/m0/s1. The first-order chi connectivity index (χ1) is 12.6. The summed E-state index contributed by atoms with van der Waals surface area (Å²) < 4.78 is 0. The van der Waals surface area contributed by atoms with Crippen LogP contribution in [0.15, 0.2) is 47.6 Å². The highest BCUT2D eigenvalue weighted by Gasteiger charge is 2.31. The first-order valence-electron chi connectivity index (χ1n) is 8.35. The number of fused-ring (bicyclic) bond motifs is 1. The smallest absolute Gasteiger partial charge is 0.326 e. The normalized spacial score (nSPS) is 20.3. The van der Waals surface area contributed by atoms with Crippen LogP contribution in [-0.2, 0) is 16.0 Å². The second-order valence-corrected chi connectivity index (χ2v) is 6.34. The maximum absolute atomic E-state index is 12.3. The van der Waals surface area contributed by atoms with Crippen LogP contribution in [0.25, 0.3) is 21.2 Å². The van der Waals surface area contributed by atoms with Gasteiger partial charge in [0.2, 0.25) is 5.91 Å². The van der Waals surface area contributed by atoms with Crippen LogP contribution in [0.2, 0.25) is 0 Å². The van der Waals surface area contributed by atoms with E-state index in [4.69, 9.17) is 5.53 Å². The van der Waals surface area contributed by atoms with Crippen molar-refractivity contribution in [1.82, 2.24) is 10.6 Å². The molecule has 8 nitrogen and oxygen atoms in total. The van der Waals surface area contributed by atoms with Crippen molar-refractivity contribution in [2.75, 3.05) is 6.54 Å². The Balaban J connectivity index is 1.67. The van der Waals surface area contributed by atoms with Gasteiger partial charge < -0.3 is 15.7 Å². The fourth-order valence-corrected chi connectivity index (χ4v) is 3.15. The maximum atomic E-state index is 12.3. The Morgan fingerprint density at radius 1 is 1.31 bits per heavy atom. The molecule has 26 heavy (non-hydrogen) atoms. The van der Waals surface area contributed by atoms with Crippen molar-refractivity contribution in [2.45, 2.75) is 31.0 Å². The van der Waals surface area contributed by atoms with Gasteiger partial charge in [0.05, 0.1) is 12.1 Å². The third-order valence-electron chi connectivity index (χ3n) is 4.51. The zero-order valence-electron chi connectivity index (χ0n) is 14.0. The number of amides is 1. The summed E-state index contributed by atoms with van der Waals surface area (Å²) in [6.45, 7) is 0.407. The van der Waals surface area contributed by atoms with Gasteiger partial charge in [0, 0.05) is 17.9 Å². The summed E-state index contributed by atoms with van der Waals surface area (Å²) in [6, 6.07) is 11.7. The lowest BCUT2D eigenvalue weighted by atomic mass is 10.0. The number of rotatable bonds is 6. The second-order valence-electron chi connectivity index (χ2n) is 6.34. The van der Waals surface area contributed by atoms with Crippen LogP contribution in [-0.4, -0.2) is 41.7 Å². The summed E-state index contributed by atoms with van der Waals surface area (Å²) in [6.07, 6.45) is 0.552. The summed E-state index contributed by atoms with van der Waals surface area (Å²) in [4.78, 5) is 26.7. The van der Waals surface area contributed by atoms with Crippen LogP contribution in [0.3, 0.4) is 0 Å². The molecule has 2 aromatic rings. The van der Waals surface area contributed by atoms with E-state index in [0.29, 0.717) is 13.0 Å². The lowest BCUT2D eigenvalue weighted by Gasteiger charge is -2.18. The molecule has 1 saturated heterocycles. The molecule has 1 heterocycles. The molecular weight excluding hydrogens is 334 g/mol.